The number of nitrogens with zero attached hydrogens (tertiary/aromatic N) is 2. The van der Waals surface area contributed by atoms with Gasteiger partial charge in [-0.1, -0.05) is 101 Å². The van der Waals surface area contributed by atoms with Crippen molar-refractivity contribution >= 4 is 36.2 Å². The van der Waals surface area contributed by atoms with Gasteiger partial charge in [-0.05, 0) is 78.8 Å². The Balaban J connectivity index is 1.52. The fraction of sp³-hybridized carbons (Fsp3) is 0.429. The number of benzene rings is 4. The van der Waals surface area contributed by atoms with Gasteiger partial charge in [0.05, 0.1) is 34.6 Å². The summed E-state index contributed by atoms with van der Waals surface area (Å²) < 4.78 is 76.4. The molecule has 1 saturated heterocycles. The minimum atomic E-state index is -3.75. The van der Waals surface area contributed by atoms with Gasteiger partial charge in [0.1, 0.15) is 28.6 Å². The van der Waals surface area contributed by atoms with Crippen LogP contribution in [0.15, 0.2) is 108 Å². The number of sulfonamides is 2. The fourth-order valence-corrected chi connectivity index (χ4v) is 11.0. The zero-order valence-electron chi connectivity index (χ0n) is 33.0. The van der Waals surface area contributed by atoms with Crippen LogP contribution in [0.25, 0.3) is 0 Å². The molecule has 1 aliphatic heterocycles. The van der Waals surface area contributed by atoms with Gasteiger partial charge in [-0.2, -0.15) is 4.31 Å². The molecule has 0 radical (unpaired) electrons. The van der Waals surface area contributed by atoms with E-state index in [4.69, 9.17) is 13.9 Å². The van der Waals surface area contributed by atoms with E-state index in [1.165, 1.54) is 0 Å². The van der Waals surface area contributed by atoms with Crippen LogP contribution in [0.5, 0.6) is 11.5 Å². The van der Waals surface area contributed by atoms with E-state index in [1.54, 1.807) is 28.6 Å². The Hall–Kier alpha value is -3.72. The van der Waals surface area contributed by atoms with Crippen molar-refractivity contribution in [2.24, 2.45) is 0 Å². The van der Waals surface area contributed by atoms with Crippen LogP contribution in [-0.2, 0) is 43.2 Å². The average Bonchev–Trinajstić information content (AvgIpc) is 3.16. The zero-order valence-corrected chi connectivity index (χ0v) is 36.7. The Morgan fingerprint density at radius 3 is 1.96 bits per heavy atom. The van der Waals surface area contributed by atoms with E-state index in [-0.39, 0.29) is 17.5 Å². The lowest BCUT2D eigenvalue weighted by Crippen LogP contribution is -2.71. The van der Waals surface area contributed by atoms with Gasteiger partial charge in [-0.15, -0.1) is 0 Å². The van der Waals surface area contributed by atoms with Crippen molar-refractivity contribution in [1.29, 1.82) is 0 Å². The second-order valence-corrected chi connectivity index (χ2v) is 18.3. The second kappa shape index (κ2) is 18.5. The van der Waals surface area contributed by atoms with Gasteiger partial charge in [0.15, 0.2) is 0 Å². The average molecular weight is 808 g/mol. The van der Waals surface area contributed by atoms with Crippen LogP contribution in [-0.4, -0.2) is 74.1 Å². The quantitative estimate of drug-likeness (QED) is 0.0719. The second-order valence-electron chi connectivity index (χ2n) is 14.2. The predicted octanol–water partition coefficient (Wildman–Crippen LogP) is 6.85. The highest BCUT2D eigenvalue weighted by molar-refractivity contribution is 7.92. The van der Waals surface area contributed by atoms with Crippen LogP contribution in [0.3, 0.4) is 0 Å². The molecule has 1 N–H and O–H groups in total. The van der Waals surface area contributed by atoms with Crippen molar-refractivity contribution in [3.05, 3.63) is 120 Å². The van der Waals surface area contributed by atoms with Crippen molar-refractivity contribution in [2.45, 2.75) is 95.0 Å². The minimum absolute atomic E-state index is 0.114. The summed E-state index contributed by atoms with van der Waals surface area (Å²) in [5.41, 5.74) is 1.74. The molecule has 0 spiro atoms. The Morgan fingerprint density at radius 2 is 1.42 bits per heavy atom. The lowest BCUT2D eigenvalue weighted by molar-refractivity contribution is -0.142. The maximum absolute atomic E-state index is 13.9. The smallest absolute Gasteiger partial charge is 0.243 e. The van der Waals surface area contributed by atoms with Crippen molar-refractivity contribution in [3.63, 3.8) is 0 Å². The van der Waals surface area contributed by atoms with Crippen LogP contribution in [0.4, 0.5) is 5.69 Å². The van der Waals surface area contributed by atoms with Crippen LogP contribution in [0.2, 0.25) is 0 Å². The maximum Gasteiger partial charge on any atom is 0.243 e. The fourth-order valence-electron chi connectivity index (χ4n) is 8.05. The highest BCUT2D eigenvalue weighted by atomic mass is 32.2. The van der Waals surface area contributed by atoms with Crippen molar-refractivity contribution in [1.82, 2.24) is 9.21 Å². The summed E-state index contributed by atoms with van der Waals surface area (Å²) in [4.78, 5) is 2.70. The SMILES string of the molecule is CCCCOc1ccc(S(=O)(=O)N2CC(N(Cc3ccccc3)C(CC)(CC)[C@](CC)(O[SiH3])c3ccc(OCc4ccccc4)c(NS(C)(=O)=O)c3)C2)cc1. The highest BCUT2D eigenvalue weighted by Crippen LogP contribution is 2.51. The normalized spacial score (nSPS) is 15.4. The third-order valence-electron chi connectivity index (χ3n) is 11.0. The predicted molar refractivity (Wildman–Crippen MR) is 223 cm³/mol. The summed E-state index contributed by atoms with van der Waals surface area (Å²) in [6.07, 6.45) is 5.06. The molecule has 0 aliphatic carbocycles. The molecular formula is C42H57N3O7S2Si. The summed E-state index contributed by atoms with van der Waals surface area (Å²) in [5.74, 6) is 1.07. The molecule has 298 valence electrons. The lowest BCUT2D eigenvalue weighted by Gasteiger charge is -2.60. The zero-order chi connectivity index (χ0) is 39.7. The molecule has 1 fully saturated rings. The topological polar surface area (TPSA) is 114 Å². The molecular weight excluding hydrogens is 751 g/mol. The molecule has 4 aromatic carbocycles. The molecule has 4 aromatic rings. The first-order chi connectivity index (χ1) is 26.4. The molecule has 0 aromatic heterocycles. The Bertz CT molecular complexity index is 2040. The van der Waals surface area contributed by atoms with E-state index in [0.717, 1.165) is 35.8 Å². The summed E-state index contributed by atoms with van der Waals surface area (Å²) in [6, 6.07) is 32.2. The van der Waals surface area contributed by atoms with Crippen LogP contribution in [0, 0.1) is 0 Å². The third-order valence-corrected chi connectivity index (χ3v) is 14.1. The van der Waals surface area contributed by atoms with Gasteiger partial charge >= 0.3 is 0 Å². The monoisotopic (exact) mass is 807 g/mol. The molecule has 0 unspecified atom stereocenters. The van der Waals surface area contributed by atoms with Crippen LogP contribution >= 0.6 is 0 Å². The number of hydrogen-bond donors (Lipinski definition) is 1. The molecule has 1 aliphatic rings. The van der Waals surface area contributed by atoms with Crippen LogP contribution in [0.1, 0.15) is 76.5 Å². The van der Waals surface area contributed by atoms with E-state index in [1.807, 2.05) is 66.7 Å². The maximum atomic E-state index is 13.9. The standard InChI is InChI=1S/C42H57N3O7S2Si/c1-6-10-27-50-37-22-24-38(25-23-37)54(48,49)44-30-36(31-44)45(29-33-17-13-11-14-18-33)41(7-2,8-3)42(9-4,52-55)35-21-26-40(39(28-35)43-53(5,46)47)51-32-34-19-15-12-16-20-34/h11-26,28,36,43H,6-10,27,29-32H2,1-5,55H3/t42-/m1/s1. The van der Waals surface area contributed by atoms with Crippen LogP contribution < -0.4 is 14.2 Å². The molecule has 0 amide bonds. The molecule has 1 heterocycles. The molecule has 1 atom stereocenters. The van der Waals surface area contributed by atoms with Gasteiger partial charge in [0.25, 0.3) is 0 Å². The number of hydrogen-bond acceptors (Lipinski definition) is 8. The Labute approximate surface area is 331 Å². The number of rotatable bonds is 21. The third kappa shape index (κ3) is 9.46. The first kappa shape index (κ1) is 42.4. The van der Waals surface area contributed by atoms with Gasteiger partial charge < -0.3 is 13.9 Å². The Kier molecular flexibility index (Phi) is 14.3. The highest BCUT2D eigenvalue weighted by Gasteiger charge is 2.56. The summed E-state index contributed by atoms with van der Waals surface area (Å²) in [6.45, 7) is 10.6. The first-order valence-corrected chi connectivity index (χ1v) is 23.4. The number of ether oxygens (including phenoxy) is 2. The molecule has 5 rings (SSSR count). The lowest BCUT2D eigenvalue weighted by atomic mass is 9.67. The van der Waals surface area contributed by atoms with Gasteiger partial charge in [0.2, 0.25) is 20.0 Å². The molecule has 13 heteroatoms. The van der Waals surface area contributed by atoms with Crippen molar-refractivity contribution in [2.75, 3.05) is 30.7 Å². The van der Waals surface area contributed by atoms with E-state index in [0.29, 0.717) is 73.2 Å². The van der Waals surface area contributed by atoms with Gasteiger partial charge in [-0.3, -0.25) is 9.62 Å². The summed E-state index contributed by atoms with van der Waals surface area (Å²) in [5, 5.41) is 0. The van der Waals surface area contributed by atoms with Gasteiger partial charge in [0, 0.05) is 25.7 Å². The number of unbranched alkanes of at least 4 members (excludes halogenated alkanes) is 1. The summed E-state index contributed by atoms with van der Waals surface area (Å²) >= 11 is 0. The van der Waals surface area contributed by atoms with Gasteiger partial charge in [-0.25, -0.2) is 16.8 Å². The van der Waals surface area contributed by atoms with E-state index < -0.39 is 31.2 Å². The minimum Gasteiger partial charge on any atom is -0.494 e. The number of nitrogens with one attached hydrogen (secondary N) is 1. The van der Waals surface area contributed by atoms with E-state index in [9.17, 15) is 16.8 Å². The summed E-state index contributed by atoms with van der Waals surface area (Å²) in [7, 11) is -7.01. The Morgan fingerprint density at radius 1 is 0.800 bits per heavy atom. The molecule has 0 bridgehead atoms. The van der Waals surface area contributed by atoms with Crippen molar-refractivity contribution < 1.29 is 30.7 Å². The molecule has 55 heavy (non-hydrogen) atoms. The largest absolute Gasteiger partial charge is 0.494 e. The van der Waals surface area contributed by atoms with E-state index >= 15 is 0 Å². The molecule has 0 saturated carbocycles. The van der Waals surface area contributed by atoms with Crippen molar-refractivity contribution in [3.8, 4) is 11.5 Å². The first-order valence-electron chi connectivity index (χ1n) is 19.2. The number of anilines is 1. The van der Waals surface area contributed by atoms with E-state index in [2.05, 4.69) is 49.4 Å². The molecule has 10 nitrogen and oxygen atoms in total.